The molecule has 3 aromatic rings. The van der Waals surface area contributed by atoms with Crippen LogP contribution in [0.5, 0.6) is 0 Å². The van der Waals surface area contributed by atoms with Gasteiger partial charge < -0.3 is 26.4 Å². The summed E-state index contributed by atoms with van der Waals surface area (Å²) < 4.78 is 14.7. The fourth-order valence-electron chi connectivity index (χ4n) is 3.07. The lowest BCUT2D eigenvalue weighted by molar-refractivity contribution is 0.781. The Bertz CT molecular complexity index is 928. The Labute approximate surface area is 157 Å². The molecule has 10 heteroatoms. The van der Waals surface area contributed by atoms with E-state index in [-0.39, 0.29) is 0 Å². The van der Waals surface area contributed by atoms with Crippen molar-refractivity contribution in [2.24, 2.45) is 21.1 Å². The summed E-state index contributed by atoms with van der Waals surface area (Å²) in [6.07, 6.45) is 12.1. The van der Waals surface area contributed by atoms with Gasteiger partial charge in [-0.2, -0.15) is 0 Å². The van der Waals surface area contributed by atoms with Crippen LogP contribution in [0.25, 0.3) is 0 Å². The summed E-state index contributed by atoms with van der Waals surface area (Å²) in [7, 11) is 3.29. The van der Waals surface area contributed by atoms with Gasteiger partial charge in [-0.1, -0.05) is 6.92 Å². The third-order valence-corrected chi connectivity index (χ3v) is 10.8. The van der Waals surface area contributed by atoms with Gasteiger partial charge in [0.25, 0.3) is 0 Å². The number of aryl methyl sites for hydroxylation is 3. The fraction of sp³-hybridized carbons (Fsp3) is 0.357. The van der Waals surface area contributed by atoms with Crippen molar-refractivity contribution < 1.29 is 0 Å². The second-order valence-corrected chi connectivity index (χ2v) is 10.6. The molecule has 0 aliphatic carbocycles. The molecule has 0 aliphatic rings. The highest BCUT2D eigenvalue weighted by atomic mass is 32.1. The number of nitrogens with zero attached hydrogens (tertiary/aromatic N) is 6. The number of rotatable bonds is 4. The van der Waals surface area contributed by atoms with Gasteiger partial charge in [0.15, 0.2) is 14.3 Å². The molecule has 0 N–H and O–H groups in total. The first kappa shape index (κ1) is 17.3. The topological polar surface area (TPSA) is 29.6 Å². The standard InChI is InChI=1S/C14H20N6S3Si/c1-5-24(18-9-6-15(2)12(18)21,19-10-7-16(3)13(19)22)20-11-8-17(4)14(20)23/h6-11H,5H2,1-4H3. The molecular formula is C14H20N6S3Si. The van der Waals surface area contributed by atoms with E-state index in [1.54, 1.807) is 0 Å². The van der Waals surface area contributed by atoms with Crippen LogP contribution in [0.3, 0.4) is 0 Å². The lowest BCUT2D eigenvalue weighted by atomic mass is 10.9. The smallest absolute Gasteiger partial charge is 0.327 e. The summed E-state index contributed by atoms with van der Waals surface area (Å²) >= 11 is 17.1. The van der Waals surface area contributed by atoms with E-state index in [0.717, 1.165) is 20.4 Å². The van der Waals surface area contributed by atoms with Crippen LogP contribution in [0.15, 0.2) is 37.2 Å². The summed E-state index contributed by atoms with van der Waals surface area (Å²) in [5.41, 5.74) is 0. The molecule has 3 rings (SSSR count). The van der Waals surface area contributed by atoms with Crippen molar-refractivity contribution in [2.45, 2.75) is 13.0 Å². The lowest BCUT2D eigenvalue weighted by Crippen LogP contribution is -2.57. The number of hydrogen-bond donors (Lipinski definition) is 0. The van der Waals surface area contributed by atoms with E-state index in [4.69, 9.17) is 36.7 Å². The molecule has 0 aliphatic heterocycles. The summed E-state index contributed by atoms with van der Waals surface area (Å²) in [5, 5.41) is 0. The molecule has 128 valence electrons. The van der Waals surface area contributed by atoms with Crippen molar-refractivity contribution in [1.82, 2.24) is 26.4 Å². The van der Waals surface area contributed by atoms with Crippen molar-refractivity contribution in [3.8, 4) is 0 Å². The first-order valence-corrected chi connectivity index (χ1v) is 10.8. The molecule has 0 unspecified atom stereocenters. The minimum Gasteiger partial charge on any atom is -0.327 e. The van der Waals surface area contributed by atoms with Crippen molar-refractivity contribution in [3.05, 3.63) is 51.5 Å². The zero-order chi connectivity index (χ0) is 17.6. The number of hydrogen-bond acceptors (Lipinski definition) is 3. The fourth-order valence-corrected chi connectivity index (χ4v) is 8.78. The molecule has 0 radical (unpaired) electrons. The van der Waals surface area contributed by atoms with Crippen LogP contribution in [0.4, 0.5) is 0 Å². The Balaban J connectivity index is 2.49. The monoisotopic (exact) mass is 396 g/mol. The van der Waals surface area contributed by atoms with Crippen LogP contribution >= 0.6 is 36.7 Å². The molecule has 0 bridgehead atoms. The molecule has 0 saturated carbocycles. The predicted octanol–water partition coefficient (Wildman–Crippen LogP) is 3.20. The van der Waals surface area contributed by atoms with Gasteiger partial charge in [-0.25, -0.2) is 0 Å². The molecule has 6 nitrogen and oxygen atoms in total. The maximum atomic E-state index is 5.69. The van der Waals surface area contributed by atoms with E-state index in [2.05, 4.69) is 19.6 Å². The van der Waals surface area contributed by atoms with Crippen LogP contribution in [0, 0.1) is 14.3 Å². The van der Waals surface area contributed by atoms with Crippen LogP contribution in [0.1, 0.15) is 6.92 Å². The molecule has 0 fully saturated rings. The van der Waals surface area contributed by atoms with Crippen LogP contribution in [-0.2, 0) is 21.1 Å². The highest BCUT2D eigenvalue weighted by molar-refractivity contribution is 7.71. The third-order valence-electron chi connectivity index (χ3n) is 4.47. The maximum Gasteiger partial charge on any atom is 0.397 e. The van der Waals surface area contributed by atoms with Crippen LogP contribution in [0.2, 0.25) is 6.04 Å². The molecule has 0 aromatic carbocycles. The molecule has 0 saturated heterocycles. The molecule has 24 heavy (non-hydrogen) atoms. The largest absolute Gasteiger partial charge is 0.397 e. The number of imidazole rings is 3. The van der Waals surface area contributed by atoms with Gasteiger partial charge >= 0.3 is 8.56 Å². The predicted molar refractivity (Wildman–Crippen MR) is 105 cm³/mol. The zero-order valence-corrected chi connectivity index (χ0v) is 17.5. The summed E-state index contributed by atoms with van der Waals surface area (Å²) in [6, 6.07) is 0.863. The third kappa shape index (κ3) is 2.28. The molecular weight excluding hydrogens is 376 g/mol. The van der Waals surface area contributed by atoms with E-state index in [1.165, 1.54) is 0 Å². The Hall–Kier alpha value is -1.49. The van der Waals surface area contributed by atoms with Gasteiger partial charge in [0.1, 0.15) is 0 Å². The minimum absolute atomic E-state index is 0.764. The van der Waals surface area contributed by atoms with Crippen molar-refractivity contribution in [3.63, 3.8) is 0 Å². The minimum atomic E-state index is -2.59. The SMILES string of the molecule is CC[Si](n1ccn(C)c1=S)(n1ccn(C)c1=S)n1ccn(C)c1=S. The average Bonchev–Trinajstić information content (AvgIpc) is 3.19. The van der Waals surface area contributed by atoms with Crippen molar-refractivity contribution in [2.75, 3.05) is 0 Å². The Kier molecular flexibility index (Phi) is 4.41. The molecule has 0 amide bonds. The zero-order valence-electron chi connectivity index (χ0n) is 14.1. The maximum absolute atomic E-state index is 5.69. The highest BCUT2D eigenvalue weighted by Crippen LogP contribution is 2.22. The molecule has 3 heterocycles. The quantitative estimate of drug-likeness (QED) is 0.501. The van der Waals surface area contributed by atoms with Crippen molar-refractivity contribution >= 4 is 45.2 Å². The van der Waals surface area contributed by atoms with Gasteiger partial charge in [0.05, 0.1) is 0 Å². The van der Waals surface area contributed by atoms with E-state index in [0.29, 0.717) is 0 Å². The van der Waals surface area contributed by atoms with Crippen molar-refractivity contribution in [1.29, 1.82) is 0 Å². The Morgan fingerprint density at radius 1 is 0.667 bits per heavy atom. The normalized spacial score (nSPS) is 12.0. The highest BCUT2D eigenvalue weighted by Gasteiger charge is 2.42. The molecule has 3 aromatic heterocycles. The van der Waals surface area contributed by atoms with E-state index in [1.807, 2.05) is 72.0 Å². The van der Waals surface area contributed by atoms with Gasteiger partial charge in [-0.3, -0.25) is 0 Å². The molecule has 0 atom stereocenters. The first-order chi connectivity index (χ1) is 11.3. The average molecular weight is 397 g/mol. The summed E-state index contributed by atoms with van der Waals surface area (Å²) in [5.74, 6) is 0. The van der Waals surface area contributed by atoms with E-state index >= 15 is 0 Å². The summed E-state index contributed by atoms with van der Waals surface area (Å²) in [6.45, 7) is 2.17. The Morgan fingerprint density at radius 2 is 0.958 bits per heavy atom. The van der Waals surface area contributed by atoms with Gasteiger partial charge in [0.2, 0.25) is 0 Å². The lowest BCUT2D eigenvalue weighted by Gasteiger charge is -2.33. The van der Waals surface area contributed by atoms with Crippen LogP contribution in [-0.4, -0.2) is 35.0 Å². The van der Waals surface area contributed by atoms with E-state index in [9.17, 15) is 0 Å². The first-order valence-electron chi connectivity index (χ1n) is 7.58. The van der Waals surface area contributed by atoms with Crippen LogP contribution < -0.4 is 0 Å². The second-order valence-electron chi connectivity index (χ2n) is 5.81. The van der Waals surface area contributed by atoms with E-state index < -0.39 is 8.56 Å². The second kappa shape index (κ2) is 6.10. The molecule has 0 spiro atoms. The van der Waals surface area contributed by atoms with Gasteiger partial charge in [-0.15, -0.1) is 0 Å². The summed E-state index contributed by atoms with van der Waals surface area (Å²) in [4.78, 5) is 0. The van der Waals surface area contributed by atoms with Gasteiger partial charge in [0, 0.05) is 58.3 Å². The van der Waals surface area contributed by atoms with Gasteiger partial charge in [-0.05, 0) is 42.7 Å². The Morgan fingerprint density at radius 3 is 1.12 bits per heavy atom. The number of aromatic nitrogens is 6.